The second-order valence-electron chi connectivity index (χ2n) is 5.28. The van der Waals surface area contributed by atoms with Crippen molar-refractivity contribution in [2.45, 2.75) is 38.8 Å². The minimum absolute atomic E-state index is 0.0305. The fourth-order valence-corrected chi connectivity index (χ4v) is 4.18. The van der Waals surface area contributed by atoms with Crippen molar-refractivity contribution in [3.63, 3.8) is 0 Å². The highest BCUT2D eigenvalue weighted by molar-refractivity contribution is 7.91. The van der Waals surface area contributed by atoms with Gasteiger partial charge >= 0.3 is 0 Å². The Hall–Kier alpha value is -1.50. The van der Waals surface area contributed by atoms with Crippen LogP contribution >= 0.6 is 0 Å². The Kier molecular flexibility index (Phi) is 4.37. The van der Waals surface area contributed by atoms with Gasteiger partial charge in [-0.2, -0.15) is 0 Å². The molecule has 0 saturated carbocycles. The van der Waals surface area contributed by atoms with Crippen LogP contribution in [0.1, 0.15) is 36.7 Å². The van der Waals surface area contributed by atoms with E-state index in [1.807, 2.05) is 11.5 Å². The average molecular weight is 299 g/mol. The molecule has 1 atom stereocenters. The van der Waals surface area contributed by atoms with E-state index >= 15 is 0 Å². The lowest BCUT2D eigenvalue weighted by atomic mass is 10.2. The molecule has 0 aliphatic carbocycles. The van der Waals surface area contributed by atoms with Crippen LogP contribution in [0.4, 0.5) is 5.69 Å². The molecule has 1 aliphatic heterocycles. The van der Waals surface area contributed by atoms with Gasteiger partial charge in [0.15, 0.2) is 9.84 Å². The Labute approximate surface area is 119 Å². The molecule has 1 fully saturated rings. The number of carbonyl (C=O) groups excluding carboxylic acids is 1. The van der Waals surface area contributed by atoms with E-state index < -0.39 is 9.84 Å². The first kappa shape index (κ1) is 14.9. The minimum atomic E-state index is -3.02. The molecule has 6 nitrogen and oxygen atoms in total. The first-order chi connectivity index (χ1) is 9.41. The highest BCUT2D eigenvalue weighted by atomic mass is 32.2. The zero-order valence-electron chi connectivity index (χ0n) is 11.6. The Morgan fingerprint density at radius 2 is 2.30 bits per heavy atom. The summed E-state index contributed by atoms with van der Waals surface area (Å²) in [5, 5.41) is 2.81. The van der Waals surface area contributed by atoms with Crippen LogP contribution in [0, 0.1) is 0 Å². The largest absolute Gasteiger partial charge is 0.397 e. The number of hydrogen-bond donors (Lipinski definition) is 2. The summed E-state index contributed by atoms with van der Waals surface area (Å²) in [5.74, 6) is -0.00132. The number of aryl methyl sites for hydroxylation is 1. The van der Waals surface area contributed by atoms with Gasteiger partial charge in [-0.15, -0.1) is 0 Å². The van der Waals surface area contributed by atoms with Crippen LogP contribution in [0.3, 0.4) is 0 Å². The van der Waals surface area contributed by atoms with Gasteiger partial charge in [-0.1, -0.05) is 6.92 Å². The molecule has 1 aliphatic rings. The number of aromatic nitrogens is 1. The fraction of sp³-hybridized carbons (Fsp3) is 0.615. The van der Waals surface area contributed by atoms with E-state index in [0.29, 0.717) is 30.8 Å². The zero-order valence-corrected chi connectivity index (χ0v) is 12.4. The maximum absolute atomic E-state index is 12.3. The van der Waals surface area contributed by atoms with Crippen LogP contribution in [0.5, 0.6) is 0 Å². The molecule has 112 valence electrons. The van der Waals surface area contributed by atoms with Gasteiger partial charge in [0.25, 0.3) is 5.91 Å². The van der Waals surface area contributed by atoms with Gasteiger partial charge in [-0.3, -0.25) is 4.79 Å². The van der Waals surface area contributed by atoms with Crippen LogP contribution in [0.2, 0.25) is 0 Å². The standard InChI is InChI=1S/C13H21N3O3S/c1-2-5-16-8-10(14)7-12(16)13(17)15-11-4-3-6-20(18,19)9-11/h7-8,11H,2-6,9,14H2,1H3,(H,15,17). The lowest BCUT2D eigenvalue weighted by Gasteiger charge is -2.23. The number of hydrogen-bond acceptors (Lipinski definition) is 4. The smallest absolute Gasteiger partial charge is 0.268 e. The second-order valence-corrected chi connectivity index (χ2v) is 7.51. The van der Waals surface area contributed by atoms with Crippen LogP contribution in [0.15, 0.2) is 12.3 Å². The molecule has 0 bridgehead atoms. The van der Waals surface area contributed by atoms with E-state index in [1.165, 1.54) is 0 Å². The Balaban J connectivity index is 2.08. The van der Waals surface area contributed by atoms with Crippen LogP contribution in [-0.2, 0) is 16.4 Å². The van der Waals surface area contributed by atoms with Crippen molar-refractivity contribution < 1.29 is 13.2 Å². The monoisotopic (exact) mass is 299 g/mol. The summed E-state index contributed by atoms with van der Waals surface area (Å²) in [6.07, 6.45) is 3.93. The second kappa shape index (κ2) is 5.87. The van der Waals surface area contributed by atoms with Crippen LogP contribution in [0.25, 0.3) is 0 Å². The molecular formula is C13H21N3O3S. The Morgan fingerprint density at radius 3 is 2.95 bits per heavy atom. The van der Waals surface area contributed by atoms with Gasteiger partial charge in [-0.05, 0) is 25.3 Å². The third-order valence-electron chi connectivity index (χ3n) is 3.41. The van der Waals surface area contributed by atoms with Crippen molar-refractivity contribution in [1.29, 1.82) is 0 Å². The number of nitrogen functional groups attached to an aromatic ring is 1. The van der Waals surface area contributed by atoms with Gasteiger partial charge in [0.2, 0.25) is 0 Å². The summed E-state index contributed by atoms with van der Waals surface area (Å²) in [6, 6.07) is 1.33. The van der Waals surface area contributed by atoms with Crippen molar-refractivity contribution in [3.8, 4) is 0 Å². The molecule has 1 unspecified atom stereocenters. The number of sulfone groups is 1. The topological polar surface area (TPSA) is 94.2 Å². The van der Waals surface area contributed by atoms with Gasteiger partial charge in [-0.25, -0.2) is 8.42 Å². The third-order valence-corrected chi connectivity index (χ3v) is 5.23. The summed E-state index contributed by atoms with van der Waals surface area (Å²) in [4.78, 5) is 12.3. The Morgan fingerprint density at radius 1 is 1.55 bits per heavy atom. The summed E-state index contributed by atoms with van der Waals surface area (Å²) >= 11 is 0. The molecule has 7 heteroatoms. The number of carbonyl (C=O) groups is 1. The lowest BCUT2D eigenvalue weighted by molar-refractivity contribution is 0.0929. The maximum atomic E-state index is 12.3. The quantitative estimate of drug-likeness (QED) is 0.859. The zero-order chi connectivity index (χ0) is 14.8. The summed E-state index contributed by atoms with van der Waals surface area (Å²) in [5.41, 5.74) is 6.76. The molecule has 0 aromatic carbocycles. The fourth-order valence-electron chi connectivity index (χ4n) is 2.55. The molecular weight excluding hydrogens is 278 g/mol. The van der Waals surface area contributed by atoms with E-state index in [9.17, 15) is 13.2 Å². The van der Waals surface area contributed by atoms with Crippen molar-refractivity contribution in [2.75, 3.05) is 17.2 Å². The van der Waals surface area contributed by atoms with Crippen molar-refractivity contribution in [2.24, 2.45) is 0 Å². The highest BCUT2D eigenvalue weighted by Gasteiger charge is 2.26. The van der Waals surface area contributed by atoms with Crippen molar-refractivity contribution >= 4 is 21.4 Å². The maximum Gasteiger partial charge on any atom is 0.268 e. The normalized spacial score (nSPS) is 21.6. The van der Waals surface area contributed by atoms with Crippen LogP contribution < -0.4 is 11.1 Å². The molecule has 20 heavy (non-hydrogen) atoms. The first-order valence-corrected chi connectivity index (χ1v) is 8.70. The molecule has 1 aromatic heterocycles. The molecule has 2 rings (SSSR count). The van der Waals surface area contributed by atoms with E-state index in [-0.39, 0.29) is 23.5 Å². The Bertz CT molecular complexity index is 592. The first-order valence-electron chi connectivity index (χ1n) is 6.88. The number of nitrogens with two attached hydrogens (primary N) is 1. The van der Waals surface area contributed by atoms with Crippen molar-refractivity contribution in [3.05, 3.63) is 18.0 Å². The van der Waals surface area contributed by atoms with E-state index in [4.69, 9.17) is 5.73 Å². The van der Waals surface area contributed by atoms with Gasteiger partial charge in [0, 0.05) is 18.8 Å². The van der Waals surface area contributed by atoms with Crippen molar-refractivity contribution in [1.82, 2.24) is 9.88 Å². The number of anilines is 1. The third kappa shape index (κ3) is 3.53. The van der Waals surface area contributed by atoms with Crippen LogP contribution in [-0.4, -0.2) is 36.4 Å². The molecule has 1 aromatic rings. The minimum Gasteiger partial charge on any atom is -0.397 e. The SMILES string of the molecule is CCCn1cc(N)cc1C(=O)NC1CCCS(=O)(=O)C1. The summed E-state index contributed by atoms with van der Waals surface area (Å²) in [7, 11) is -3.02. The molecule has 1 saturated heterocycles. The number of rotatable bonds is 4. The number of nitrogens with one attached hydrogen (secondary N) is 1. The van der Waals surface area contributed by atoms with E-state index in [1.54, 1.807) is 12.3 Å². The number of amides is 1. The molecule has 2 heterocycles. The number of nitrogens with zero attached hydrogens (tertiary/aromatic N) is 1. The highest BCUT2D eigenvalue weighted by Crippen LogP contribution is 2.15. The molecule has 1 amide bonds. The van der Waals surface area contributed by atoms with E-state index in [2.05, 4.69) is 5.32 Å². The summed E-state index contributed by atoms with van der Waals surface area (Å²) < 4.78 is 25.0. The predicted molar refractivity (Wildman–Crippen MR) is 78.3 cm³/mol. The summed E-state index contributed by atoms with van der Waals surface area (Å²) in [6.45, 7) is 2.73. The van der Waals surface area contributed by atoms with Gasteiger partial charge in [0.1, 0.15) is 5.69 Å². The van der Waals surface area contributed by atoms with Gasteiger partial charge < -0.3 is 15.6 Å². The van der Waals surface area contributed by atoms with Gasteiger partial charge in [0.05, 0.1) is 17.2 Å². The molecule has 0 radical (unpaired) electrons. The average Bonchev–Trinajstić information content (AvgIpc) is 2.69. The van der Waals surface area contributed by atoms with E-state index in [0.717, 1.165) is 6.42 Å². The molecule has 3 N–H and O–H groups in total. The predicted octanol–water partition coefficient (Wildman–Crippen LogP) is 0.787. The lowest BCUT2D eigenvalue weighted by Crippen LogP contribution is -2.43. The molecule has 0 spiro atoms.